The Morgan fingerprint density at radius 1 is 1.42 bits per heavy atom. The van der Waals surface area contributed by atoms with Crippen molar-refractivity contribution < 1.29 is 0 Å². The minimum absolute atomic E-state index is 0.0344. The van der Waals surface area contributed by atoms with E-state index in [0.29, 0.717) is 12.0 Å². The minimum atomic E-state index is -0.0344. The van der Waals surface area contributed by atoms with Crippen molar-refractivity contribution in [3.63, 3.8) is 0 Å². The second kappa shape index (κ2) is 5.41. The highest BCUT2D eigenvalue weighted by Gasteiger charge is 2.40. The molecule has 2 rings (SSSR count). The molecule has 2 atom stereocenters. The van der Waals surface area contributed by atoms with E-state index in [-0.39, 0.29) is 5.54 Å². The van der Waals surface area contributed by atoms with Gasteiger partial charge in [0.2, 0.25) is 0 Å². The number of guanidine groups is 1. The van der Waals surface area contributed by atoms with Gasteiger partial charge in [-0.25, -0.2) is 0 Å². The van der Waals surface area contributed by atoms with Crippen LogP contribution in [0.2, 0.25) is 5.02 Å². The third-order valence-corrected chi connectivity index (χ3v) is 4.19. The van der Waals surface area contributed by atoms with Crippen molar-refractivity contribution in [3.8, 4) is 0 Å². The molecular weight excluding hydrogens is 258 g/mol. The van der Waals surface area contributed by atoms with Crippen molar-refractivity contribution in [3.05, 3.63) is 34.9 Å². The van der Waals surface area contributed by atoms with E-state index < -0.39 is 0 Å². The summed E-state index contributed by atoms with van der Waals surface area (Å²) in [5.41, 5.74) is 7.30. The van der Waals surface area contributed by atoms with Crippen molar-refractivity contribution in [2.24, 2.45) is 10.7 Å². The Labute approximate surface area is 120 Å². The van der Waals surface area contributed by atoms with Crippen molar-refractivity contribution >= 4 is 17.6 Å². The Kier molecular flexibility index (Phi) is 4.04. The summed E-state index contributed by atoms with van der Waals surface area (Å²) < 4.78 is 0. The highest BCUT2D eigenvalue weighted by atomic mass is 35.5. The molecule has 2 unspecified atom stereocenters. The number of aliphatic imine (C=N–C) groups is 1. The van der Waals surface area contributed by atoms with Crippen LogP contribution in [-0.4, -0.2) is 29.0 Å². The molecule has 1 aliphatic rings. The molecule has 0 aliphatic carbocycles. The van der Waals surface area contributed by atoms with E-state index in [1.807, 2.05) is 12.1 Å². The number of hydrogen-bond acceptors (Lipinski definition) is 3. The maximum atomic E-state index is 6.06. The van der Waals surface area contributed by atoms with Gasteiger partial charge in [0.1, 0.15) is 0 Å². The first kappa shape index (κ1) is 14.2. The van der Waals surface area contributed by atoms with Crippen molar-refractivity contribution in [1.82, 2.24) is 4.90 Å². The fourth-order valence-electron chi connectivity index (χ4n) is 2.80. The van der Waals surface area contributed by atoms with Crippen LogP contribution in [0.3, 0.4) is 0 Å². The molecule has 0 radical (unpaired) electrons. The van der Waals surface area contributed by atoms with Gasteiger partial charge in [-0.15, -0.1) is 0 Å². The molecule has 104 valence electrons. The molecule has 19 heavy (non-hydrogen) atoms. The summed E-state index contributed by atoms with van der Waals surface area (Å²) in [5, 5.41) is 0.773. The number of rotatable bonds is 4. The molecule has 1 aromatic carbocycles. The van der Waals surface area contributed by atoms with Gasteiger partial charge in [-0.1, -0.05) is 30.7 Å². The Morgan fingerprint density at radius 2 is 2.05 bits per heavy atom. The van der Waals surface area contributed by atoms with E-state index in [4.69, 9.17) is 17.3 Å². The number of hydrogen-bond donors (Lipinski definition) is 1. The Morgan fingerprint density at radius 3 is 2.63 bits per heavy atom. The van der Waals surface area contributed by atoms with Gasteiger partial charge in [-0.3, -0.25) is 4.99 Å². The molecule has 0 fully saturated rings. The van der Waals surface area contributed by atoms with Gasteiger partial charge in [-0.2, -0.15) is 0 Å². The Bertz CT molecular complexity index is 469. The van der Waals surface area contributed by atoms with Crippen LogP contribution in [0.25, 0.3) is 0 Å². The zero-order chi connectivity index (χ0) is 14.0. The van der Waals surface area contributed by atoms with E-state index in [2.05, 4.69) is 42.8 Å². The maximum absolute atomic E-state index is 6.06. The number of benzene rings is 1. The van der Waals surface area contributed by atoms with E-state index in [0.717, 1.165) is 24.4 Å². The fraction of sp³-hybridized carbons (Fsp3) is 0.533. The van der Waals surface area contributed by atoms with Gasteiger partial charge in [-0.05, 0) is 44.4 Å². The summed E-state index contributed by atoms with van der Waals surface area (Å²) in [6, 6.07) is 8.44. The molecule has 2 N–H and O–H groups in total. The monoisotopic (exact) mass is 279 g/mol. The van der Waals surface area contributed by atoms with Gasteiger partial charge in [0.25, 0.3) is 0 Å². The lowest BCUT2D eigenvalue weighted by Gasteiger charge is -2.40. The van der Waals surface area contributed by atoms with Gasteiger partial charge in [0, 0.05) is 11.1 Å². The molecule has 0 bridgehead atoms. The summed E-state index contributed by atoms with van der Waals surface area (Å²) in [6.45, 7) is 7.37. The molecule has 0 spiro atoms. The lowest BCUT2D eigenvalue weighted by molar-refractivity contribution is 0.170. The first-order valence-corrected chi connectivity index (χ1v) is 7.18. The van der Waals surface area contributed by atoms with Crippen LogP contribution >= 0.6 is 11.6 Å². The second-order valence-corrected chi connectivity index (χ2v) is 6.04. The molecular formula is C15H22ClN3. The molecule has 0 saturated heterocycles. The number of nitrogens with two attached hydrogens (primary N) is 1. The first-order valence-electron chi connectivity index (χ1n) is 6.80. The van der Waals surface area contributed by atoms with Crippen LogP contribution in [0, 0.1) is 0 Å². The first-order chi connectivity index (χ1) is 8.96. The lowest BCUT2D eigenvalue weighted by Crippen LogP contribution is -2.54. The predicted octanol–water partition coefficient (Wildman–Crippen LogP) is 3.07. The van der Waals surface area contributed by atoms with Crippen molar-refractivity contribution in [2.75, 3.05) is 6.54 Å². The van der Waals surface area contributed by atoms with Crippen molar-refractivity contribution in [2.45, 2.75) is 45.2 Å². The van der Waals surface area contributed by atoms with Gasteiger partial charge >= 0.3 is 0 Å². The topological polar surface area (TPSA) is 41.6 Å². The van der Waals surface area contributed by atoms with Gasteiger partial charge < -0.3 is 10.6 Å². The summed E-state index contributed by atoms with van der Waals surface area (Å²) in [4.78, 5) is 6.71. The van der Waals surface area contributed by atoms with E-state index in [9.17, 15) is 0 Å². The Hall–Kier alpha value is -1.22. The minimum Gasteiger partial charge on any atom is -0.370 e. The average molecular weight is 280 g/mol. The van der Waals surface area contributed by atoms with Crippen LogP contribution in [0.5, 0.6) is 0 Å². The Balaban J connectivity index is 2.20. The third kappa shape index (κ3) is 2.86. The second-order valence-electron chi connectivity index (χ2n) is 5.60. The molecule has 4 heteroatoms. The molecule has 1 aromatic rings. The molecule has 1 heterocycles. The zero-order valence-corrected chi connectivity index (χ0v) is 12.6. The van der Waals surface area contributed by atoms with Crippen molar-refractivity contribution in [1.29, 1.82) is 0 Å². The largest absolute Gasteiger partial charge is 0.370 e. The van der Waals surface area contributed by atoms with E-state index in [1.54, 1.807) is 0 Å². The third-order valence-electron chi connectivity index (χ3n) is 3.94. The lowest BCUT2D eigenvalue weighted by atomic mass is 9.90. The standard InChI is InChI=1S/C15H22ClN3/c1-4-11(2)19-14(17)18-10-15(19,3)9-12-5-7-13(16)8-6-12/h5-8,11H,4,9-10H2,1-3H3,(H2,17,18). The molecule has 3 nitrogen and oxygen atoms in total. The molecule has 1 aliphatic heterocycles. The molecule has 0 aromatic heterocycles. The zero-order valence-electron chi connectivity index (χ0n) is 11.9. The van der Waals surface area contributed by atoms with Crippen LogP contribution < -0.4 is 5.73 Å². The maximum Gasteiger partial charge on any atom is 0.192 e. The van der Waals surface area contributed by atoms with E-state index in [1.165, 1.54) is 5.56 Å². The van der Waals surface area contributed by atoms with Gasteiger partial charge in [0.15, 0.2) is 5.96 Å². The van der Waals surface area contributed by atoms with Gasteiger partial charge in [0.05, 0.1) is 12.1 Å². The molecule has 0 saturated carbocycles. The van der Waals surface area contributed by atoms with Crippen LogP contribution in [0.4, 0.5) is 0 Å². The number of halogens is 1. The normalized spacial score (nSPS) is 24.4. The average Bonchev–Trinajstić information content (AvgIpc) is 2.67. The highest BCUT2D eigenvalue weighted by molar-refractivity contribution is 6.30. The fourth-order valence-corrected chi connectivity index (χ4v) is 2.93. The summed E-state index contributed by atoms with van der Waals surface area (Å²) in [6.07, 6.45) is 1.99. The van der Waals surface area contributed by atoms with E-state index >= 15 is 0 Å². The summed E-state index contributed by atoms with van der Waals surface area (Å²) in [5.74, 6) is 0.672. The predicted molar refractivity (Wildman–Crippen MR) is 81.6 cm³/mol. The number of nitrogens with zero attached hydrogens (tertiary/aromatic N) is 2. The quantitative estimate of drug-likeness (QED) is 0.920. The highest BCUT2D eigenvalue weighted by Crippen LogP contribution is 2.29. The smallest absolute Gasteiger partial charge is 0.192 e. The van der Waals surface area contributed by atoms with Crippen LogP contribution in [-0.2, 0) is 6.42 Å². The SMILES string of the molecule is CCC(C)N1C(N)=NCC1(C)Cc1ccc(Cl)cc1. The molecule has 0 amide bonds. The summed E-state index contributed by atoms with van der Waals surface area (Å²) in [7, 11) is 0. The van der Waals surface area contributed by atoms with Crippen LogP contribution in [0.1, 0.15) is 32.8 Å². The van der Waals surface area contributed by atoms with Crippen LogP contribution in [0.15, 0.2) is 29.3 Å². The summed E-state index contributed by atoms with van der Waals surface area (Å²) >= 11 is 5.93.